The van der Waals surface area contributed by atoms with Crippen molar-refractivity contribution >= 4 is 40.0 Å². The number of carbonyl (C=O) groups excluding carboxylic acids is 1. The SMILES string of the molecule is Cc1cc(C(=O)CSc2nc3ccccc3c(=O)n2-c2ccc(F)cc2)c(C)n1CCc1ccc(Cl)cc1. The van der Waals surface area contributed by atoms with Crippen LogP contribution in [0.2, 0.25) is 5.02 Å². The minimum atomic E-state index is -0.397. The molecule has 0 amide bonds. The van der Waals surface area contributed by atoms with Crippen molar-refractivity contribution in [2.75, 3.05) is 5.75 Å². The number of aryl methyl sites for hydroxylation is 2. The number of ketones is 1. The van der Waals surface area contributed by atoms with Crippen molar-refractivity contribution < 1.29 is 9.18 Å². The number of benzene rings is 3. The lowest BCUT2D eigenvalue weighted by atomic mass is 10.1. The first-order valence-corrected chi connectivity index (χ1v) is 13.5. The van der Waals surface area contributed by atoms with Gasteiger partial charge in [0.2, 0.25) is 0 Å². The summed E-state index contributed by atoms with van der Waals surface area (Å²) in [5, 5.41) is 1.54. The third kappa shape index (κ3) is 5.30. The highest BCUT2D eigenvalue weighted by molar-refractivity contribution is 7.99. The molecule has 0 atom stereocenters. The summed E-state index contributed by atoms with van der Waals surface area (Å²) in [7, 11) is 0. The van der Waals surface area contributed by atoms with E-state index >= 15 is 0 Å². The summed E-state index contributed by atoms with van der Waals surface area (Å²) in [5.41, 5.74) is 4.52. The Morgan fingerprint density at radius 2 is 1.71 bits per heavy atom. The number of rotatable bonds is 8. The number of hydrogen-bond donors (Lipinski definition) is 0. The van der Waals surface area contributed by atoms with E-state index in [4.69, 9.17) is 11.6 Å². The third-order valence-corrected chi connectivity index (χ3v) is 7.76. The van der Waals surface area contributed by atoms with Crippen LogP contribution in [0.4, 0.5) is 4.39 Å². The molecule has 5 aromatic rings. The summed E-state index contributed by atoms with van der Waals surface area (Å²) in [6.07, 6.45) is 0.820. The second-order valence-electron chi connectivity index (χ2n) is 9.05. The van der Waals surface area contributed by atoms with Gasteiger partial charge in [-0.05, 0) is 80.4 Å². The molecule has 0 aliphatic rings. The molecular formula is C30H25ClFN3O2S. The predicted octanol–water partition coefficient (Wildman–Crippen LogP) is 6.81. The molecule has 3 aromatic carbocycles. The van der Waals surface area contributed by atoms with Crippen LogP contribution < -0.4 is 5.56 Å². The Hall–Kier alpha value is -3.68. The Morgan fingerprint density at radius 3 is 2.45 bits per heavy atom. The van der Waals surface area contributed by atoms with E-state index in [-0.39, 0.29) is 17.1 Å². The summed E-state index contributed by atoms with van der Waals surface area (Å²) in [4.78, 5) is 31.4. The third-order valence-electron chi connectivity index (χ3n) is 6.57. The van der Waals surface area contributed by atoms with E-state index in [0.717, 1.165) is 24.4 Å². The van der Waals surface area contributed by atoms with Gasteiger partial charge in [-0.1, -0.05) is 47.6 Å². The largest absolute Gasteiger partial charge is 0.348 e. The van der Waals surface area contributed by atoms with Gasteiger partial charge in [0.05, 0.1) is 22.3 Å². The van der Waals surface area contributed by atoms with Crippen molar-refractivity contribution in [1.29, 1.82) is 0 Å². The molecule has 2 aromatic heterocycles. The average Bonchev–Trinajstić information content (AvgIpc) is 3.20. The van der Waals surface area contributed by atoms with Gasteiger partial charge in [-0.3, -0.25) is 14.2 Å². The summed E-state index contributed by atoms with van der Waals surface area (Å²) in [5.74, 6) is -0.340. The summed E-state index contributed by atoms with van der Waals surface area (Å²) < 4.78 is 17.2. The highest BCUT2D eigenvalue weighted by Crippen LogP contribution is 2.24. The predicted molar refractivity (Wildman–Crippen MR) is 151 cm³/mol. The molecule has 0 N–H and O–H groups in total. The zero-order valence-electron chi connectivity index (χ0n) is 20.9. The molecule has 0 aliphatic carbocycles. The molecule has 5 nitrogen and oxygen atoms in total. The molecule has 0 fully saturated rings. The molecule has 0 unspecified atom stereocenters. The van der Waals surface area contributed by atoms with Gasteiger partial charge in [0.25, 0.3) is 5.56 Å². The lowest BCUT2D eigenvalue weighted by Crippen LogP contribution is -2.22. The molecule has 0 radical (unpaired) electrons. The molecule has 0 saturated heterocycles. The maximum absolute atomic E-state index is 13.6. The van der Waals surface area contributed by atoms with Crippen molar-refractivity contribution in [3.05, 3.63) is 123 Å². The van der Waals surface area contributed by atoms with Crippen LogP contribution in [-0.4, -0.2) is 25.7 Å². The average molecular weight is 546 g/mol. The minimum Gasteiger partial charge on any atom is -0.348 e. The first-order chi connectivity index (χ1) is 18.3. The zero-order chi connectivity index (χ0) is 26.8. The Kier molecular flexibility index (Phi) is 7.49. The lowest BCUT2D eigenvalue weighted by Gasteiger charge is -2.13. The normalized spacial score (nSPS) is 11.3. The quantitative estimate of drug-likeness (QED) is 0.122. The molecule has 2 heterocycles. The van der Waals surface area contributed by atoms with Gasteiger partial charge in [0.15, 0.2) is 10.9 Å². The molecule has 0 aliphatic heterocycles. The highest BCUT2D eigenvalue weighted by atomic mass is 35.5. The molecule has 8 heteroatoms. The Labute approximate surface area is 228 Å². The molecule has 0 bridgehead atoms. The van der Waals surface area contributed by atoms with Crippen LogP contribution in [0.5, 0.6) is 0 Å². The van der Waals surface area contributed by atoms with Crippen molar-refractivity contribution in [2.45, 2.75) is 32.0 Å². The topological polar surface area (TPSA) is 56.9 Å². The van der Waals surface area contributed by atoms with Crippen molar-refractivity contribution in [3.8, 4) is 5.69 Å². The van der Waals surface area contributed by atoms with E-state index in [1.807, 2.05) is 50.2 Å². The van der Waals surface area contributed by atoms with Gasteiger partial charge < -0.3 is 4.57 Å². The zero-order valence-corrected chi connectivity index (χ0v) is 22.5. The number of halogens is 2. The van der Waals surface area contributed by atoms with E-state index in [1.165, 1.54) is 46.2 Å². The maximum atomic E-state index is 13.6. The number of fused-ring (bicyclic) bond motifs is 1. The fourth-order valence-corrected chi connectivity index (χ4v) is 5.58. The second kappa shape index (κ2) is 11.0. The molecular weight excluding hydrogens is 521 g/mol. The number of Topliss-reactive ketones (excluding diaryl/α,β-unsaturated/α-hetero) is 1. The number of aromatic nitrogens is 3. The van der Waals surface area contributed by atoms with E-state index in [2.05, 4.69) is 9.55 Å². The number of carbonyl (C=O) groups is 1. The fraction of sp³-hybridized carbons (Fsp3) is 0.167. The summed E-state index contributed by atoms with van der Waals surface area (Å²) in [6.45, 7) is 4.70. The van der Waals surface area contributed by atoms with Crippen LogP contribution in [0, 0.1) is 19.7 Å². The first kappa shape index (κ1) is 25.9. The fourth-order valence-electron chi connectivity index (χ4n) is 4.55. The van der Waals surface area contributed by atoms with Gasteiger partial charge in [0, 0.05) is 28.5 Å². The number of hydrogen-bond acceptors (Lipinski definition) is 4. The summed E-state index contributed by atoms with van der Waals surface area (Å²) >= 11 is 7.20. The monoisotopic (exact) mass is 545 g/mol. The van der Waals surface area contributed by atoms with Crippen LogP contribution in [0.25, 0.3) is 16.6 Å². The van der Waals surface area contributed by atoms with Gasteiger partial charge in [-0.15, -0.1) is 0 Å². The standard InChI is InChI=1S/C30H25ClFN3O2S/c1-19-17-26(20(2)34(19)16-15-21-7-9-22(31)10-8-21)28(36)18-38-30-33-27-6-4-3-5-25(27)29(37)35(30)24-13-11-23(32)12-14-24/h3-14,17H,15-16,18H2,1-2H3. The van der Waals surface area contributed by atoms with Gasteiger partial charge in [0.1, 0.15) is 5.82 Å². The van der Waals surface area contributed by atoms with Crippen LogP contribution >= 0.6 is 23.4 Å². The van der Waals surface area contributed by atoms with Crippen LogP contribution in [0.1, 0.15) is 27.3 Å². The van der Waals surface area contributed by atoms with Crippen LogP contribution in [0.3, 0.4) is 0 Å². The maximum Gasteiger partial charge on any atom is 0.266 e. The molecule has 38 heavy (non-hydrogen) atoms. The molecule has 192 valence electrons. The minimum absolute atomic E-state index is 0.0473. The van der Waals surface area contributed by atoms with Gasteiger partial charge in [-0.2, -0.15) is 0 Å². The van der Waals surface area contributed by atoms with Gasteiger partial charge in [-0.25, -0.2) is 9.37 Å². The Balaban J connectivity index is 1.40. The summed E-state index contributed by atoms with van der Waals surface area (Å²) in [6, 6.07) is 22.4. The van der Waals surface area contributed by atoms with E-state index in [0.29, 0.717) is 32.3 Å². The second-order valence-corrected chi connectivity index (χ2v) is 10.4. The number of para-hydroxylation sites is 1. The lowest BCUT2D eigenvalue weighted by molar-refractivity contribution is 0.102. The molecule has 5 rings (SSSR count). The van der Waals surface area contributed by atoms with Gasteiger partial charge >= 0.3 is 0 Å². The van der Waals surface area contributed by atoms with Crippen LogP contribution in [-0.2, 0) is 13.0 Å². The van der Waals surface area contributed by atoms with Crippen LogP contribution in [0.15, 0.2) is 88.8 Å². The smallest absolute Gasteiger partial charge is 0.266 e. The highest BCUT2D eigenvalue weighted by Gasteiger charge is 2.19. The number of thioether (sulfide) groups is 1. The van der Waals surface area contributed by atoms with Crippen molar-refractivity contribution in [1.82, 2.24) is 14.1 Å². The van der Waals surface area contributed by atoms with E-state index in [9.17, 15) is 14.0 Å². The number of nitrogens with zero attached hydrogens (tertiary/aromatic N) is 3. The van der Waals surface area contributed by atoms with E-state index < -0.39 is 5.82 Å². The van der Waals surface area contributed by atoms with Crippen molar-refractivity contribution in [3.63, 3.8) is 0 Å². The van der Waals surface area contributed by atoms with Crippen molar-refractivity contribution in [2.24, 2.45) is 0 Å². The Bertz CT molecular complexity index is 1690. The molecule has 0 spiro atoms. The first-order valence-electron chi connectivity index (χ1n) is 12.2. The van der Waals surface area contributed by atoms with E-state index in [1.54, 1.807) is 18.2 Å². The molecule has 0 saturated carbocycles. The Morgan fingerprint density at radius 1 is 1.00 bits per heavy atom.